The number of morpholine rings is 1. The highest BCUT2D eigenvalue weighted by atomic mass is 32.2. The molecule has 0 atom stereocenters. The largest absolute Gasteiger partial charge is 0.478 e. The normalized spacial score (nSPS) is 17.9. The number of thiocarbonyl (C=S) groups is 1. The van der Waals surface area contributed by atoms with Crippen LogP contribution in [0.4, 0.5) is 11.5 Å². The molecule has 3 aromatic rings. The molecule has 2 aliphatic rings. The van der Waals surface area contributed by atoms with Gasteiger partial charge in [0.25, 0.3) is 5.91 Å². The predicted octanol–water partition coefficient (Wildman–Crippen LogP) is 4.18. The van der Waals surface area contributed by atoms with E-state index >= 15 is 0 Å². The van der Waals surface area contributed by atoms with Crippen LogP contribution in [0.5, 0.6) is 0 Å². The molecular weight excluding hydrogens is 458 g/mol. The van der Waals surface area contributed by atoms with E-state index in [-0.39, 0.29) is 11.5 Å². The molecule has 0 radical (unpaired) electrons. The number of aromatic nitrogens is 1. The molecule has 1 N–H and O–H groups in total. The van der Waals surface area contributed by atoms with Crippen LogP contribution in [0, 0.1) is 0 Å². The van der Waals surface area contributed by atoms with E-state index in [2.05, 4.69) is 4.90 Å². The van der Waals surface area contributed by atoms with Crippen molar-refractivity contribution in [3.05, 3.63) is 70.6 Å². The van der Waals surface area contributed by atoms with Gasteiger partial charge in [0.1, 0.15) is 5.82 Å². The minimum Gasteiger partial charge on any atom is -0.478 e. The second-order valence-corrected chi connectivity index (χ2v) is 9.24. The second kappa shape index (κ2) is 8.93. The molecule has 9 heteroatoms. The Labute approximate surface area is 199 Å². The Morgan fingerprint density at radius 2 is 1.91 bits per heavy atom. The topological polar surface area (TPSA) is 83.0 Å². The number of ether oxygens (including phenoxy) is 1. The first-order valence-corrected chi connectivity index (χ1v) is 11.6. The third-order valence-electron chi connectivity index (χ3n) is 5.47. The van der Waals surface area contributed by atoms with Crippen molar-refractivity contribution in [3.8, 4) is 0 Å². The van der Waals surface area contributed by atoms with Crippen molar-refractivity contribution >= 4 is 68.7 Å². The number of carboxylic acids is 1. The number of pyridine rings is 1. The summed E-state index contributed by atoms with van der Waals surface area (Å²) in [5.74, 6) is -0.543. The van der Waals surface area contributed by atoms with E-state index in [0.29, 0.717) is 28.1 Å². The molecule has 2 saturated heterocycles. The summed E-state index contributed by atoms with van der Waals surface area (Å²) in [5, 5.41) is 10.3. The monoisotopic (exact) mass is 477 g/mol. The fourth-order valence-corrected chi connectivity index (χ4v) is 5.16. The van der Waals surface area contributed by atoms with Gasteiger partial charge in [-0.15, -0.1) is 0 Å². The van der Waals surface area contributed by atoms with E-state index in [1.54, 1.807) is 12.1 Å². The number of para-hydroxylation sites is 1. The molecule has 7 nitrogen and oxygen atoms in total. The first-order valence-electron chi connectivity index (χ1n) is 10.3. The number of amides is 1. The molecule has 0 spiro atoms. The van der Waals surface area contributed by atoms with Crippen LogP contribution in [0.2, 0.25) is 0 Å². The van der Waals surface area contributed by atoms with Crippen molar-refractivity contribution in [2.45, 2.75) is 0 Å². The molecule has 3 heterocycles. The zero-order valence-corrected chi connectivity index (χ0v) is 19.1. The van der Waals surface area contributed by atoms with E-state index in [9.17, 15) is 14.7 Å². The Balaban J connectivity index is 1.55. The van der Waals surface area contributed by atoms with Gasteiger partial charge in [-0.2, -0.15) is 0 Å². The van der Waals surface area contributed by atoms with Gasteiger partial charge in [0.05, 0.1) is 34.9 Å². The second-order valence-electron chi connectivity index (χ2n) is 7.57. The Hall–Kier alpha value is -3.27. The maximum absolute atomic E-state index is 13.3. The molecule has 0 saturated carbocycles. The van der Waals surface area contributed by atoms with Crippen LogP contribution in [0.25, 0.3) is 17.0 Å². The number of anilines is 2. The maximum atomic E-state index is 13.3. The first-order chi connectivity index (χ1) is 16.0. The van der Waals surface area contributed by atoms with Gasteiger partial charge in [0.2, 0.25) is 0 Å². The molecule has 1 amide bonds. The lowest BCUT2D eigenvalue weighted by Crippen LogP contribution is -2.37. The molecule has 5 rings (SSSR count). The van der Waals surface area contributed by atoms with Crippen LogP contribution in [0.3, 0.4) is 0 Å². The minimum absolute atomic E-state index is 0.0962. The van der Waals surface area contributed by atoms with Crippen molar-refractivity contribution < 1.29 is 19.4 Å². The number of rotatable bonds is 4. The molecule has 0 aliphatic carbocycles. The van der Waals surface area contributed by atoms with Crippen LogP contribution in [-0.4, -0.2) is 52.6 Å². The molecule has 1 aromatic heterocycles. The average molecular weight is 478 g/mol. The van der Waals surface area contributed by atoms with Gasteiger partial charge in [0, 0.05) is 24.0 Å². The van der Waals surface area contributed by atoms with Crippen LogP contribution < -0.4 is 9.80 Å². The van der Waals surface area contributed by atoms with Crippen molar-refractivity contribution in [3.63, 3.8) is 0 Å². The lowest BCUT2D eigenvalue weighted by Gasteiger charge is -2.29. The number of fused-ring (bicyclic) bond motifs is 1. The smallest absolute Gasteiger partial charge is 0.335 e. The summed E-state index contributed by atoms with van der Waals surface area (Å²) in [7, 11) is 0. The van der Waals surface area contributed by atoms with Crippen LogP contribution >= 0.6 is 24.0 Å². The number of carboxylic acid groups (broad SMARTS) is 1. The Morgan fingerprint density at radius 3 is 2.70 bits per heavy atom. The highest BCUT2D eigenvalue weighted by Crippen LogP contribution is 2.38. The Kier molecular flexibility index (Phi) is 5.84. The third kappa shape index (κ3) is 4.22. The van der Waals surface area contributed by atoms with Gasteiger partial charge >= 0.3 is 5.97 Å². The third-order valence-corrected chi connectivity index (χ3v) is 6.78. The van der Waals surface area contributed by atoms with Gasteiger partial charge in [-0.05, 0) is 36.4 Å². The van der Waals surface area contributed by atoms with Gasteiger partial charge in [-0.25, -0.2) is 9.78 Å². The zero-order chi connectivity index (χ0) is 22.9. The summed E-state index contributed by atoms with van der Waals surface area (Å²) in [4.78, 5) is 33.6. The molecular formula is C24H19N3O4S2. The van der Waals surface area contributed by atoms with E-state index in [4.69, 9.17) is 21.9 Å². The summed E-state index contributed by atoms with van der Waals surface area (Å²) in [6.07, 6.45) is 1.82. The van der Waals surface area contributed by atoms with Gasteiger partial charge < -0.3 is 14.7 Å². The molecule has 2 fully saturated rings. The van der Waals surface area contributed by atoms with Crippen LogP contribution in [-0.2, 0) is 9.53 Å². The quantitative estimate of drug-likeness (QED) is 0.443. The fourth-order valence-electron chi connectivity index (χ4n) is 3.87. The van der Waals surface area contributed by atoms with Crippen molar-refractivity contribution in [1.82, 2.24) is 4.98 Å². The first kappa shape index (κ1) is 21.6. The number of thioether (sulfide) groups is 1. The summed E-state index contributed by atoms with van der Waals surface area (Å²) >= 11 is 6.67. The highest BCUT2D eigenvalue weighted by Gasteiger charge is 2.34. The molecule has 0 unspecified atom stereocenters. The highest BCUT2D eigenvalue weighted by molar-refractivity contribution is 8.27. The van der Waals surface area contributed by atoms with Gasteiger partial charge in [-0.3, -0.25) is 9.69 Å². The SMILES string of the molecule is O=C(O)c1cccc(N2C(=O)/C(=C\c3cc4ccccc4nc3N3CCOCC3)SC2=S)c1. The maximum Gasteiger partial charge on any atom is 0.335 e. The summed E-state index contributed by atoms with van der Waals surface area (Å²) in [6.45, 7) is 2.68. The Morgan fingerprint density at radius 1 is 1.12 bits per heavy atom. The number of nitrogens with zero attached hydrogens (tertiary/aromatic N) is 3. The zero-order valence-electron chi connectivity index (χ0n) is 17.4. The molecule has 0 bridgehead atoms. The number of aromatic carboxylic acids is 1. The molecule has 166 valence electrons. The predicted molar refractivity (Wildman–Crippen MR) is 134 cm³/mol. The summed E-state index contributed by atoms with van der Waals surface area (Å²) in [5.41, 5.74) is 2.24. The number of hydrogen-bond acceptors (Lipinski definition) is 7. The minimum atomic E-state index is -1.06. The van der Waals surface area contributed by atoms with E-state index in [1.165, 1.54) is 28.8 Å². The van der Waals surface area contributed by atoms with Crippen molar-refractivity contribution in [2.75, 3.05) is 36.1 Å². The molecule has 2 aromatic carbocycles. The standard InChI is InChI=1S/C24H19N3O4S2/c28-22-20(33-24(32)27(22)18-6-3-5-16(13-18)23(29)30)14-17-12-15-4-1-2-7-19(15)25-21(17)26-8-10-31-11-9-26/h1-7,12-14H,8-11H2,(H,29,30)/b20-14+. The lowest BCUT2D eigenvalue weighted by molar-refractivity contribution is -0.113. The molecule has 2 aliphatic heterocycles. The number of carbonyl (C=O) groups excluding carboxylic acids is 1. The van der Waals surface area contributed by atoms with Crippen molar-refractivity contribution in [2.24, 2.45) is 0 Å². The van der Waals surface area contributed by atoms with Crippen LogP contribution in [0.1, 0.15) is 15.9 Å². The summed E-state index contributed by atoms with van der Waals surface area (Å²) < 4.78 is 5.85. The Bertz CT molecular complexity index is 1320. The molecule has 33 heavy (non-hydrogen) atoms. The summed E-state index contributed by atoms with van der Waals surface area (Å²) in [6, 6.07) is 16.1. The fraction of sp³-hybridized carbons (Fsp3) is 0.167. The van der Waals surface area contributed by atoms with E-state index < -0.39 is 5.97 Å². The van der Waals surface area contributed by atoms with Gasteiger partial charge in [-0.1, -0.05) is 48.2 Å². The van der Waals surface area contributed by atoms with E-state index in [0.717, 1.165) is 35.4 Å². The average Bonchev–Trinajstić information content (AvgIpc) is 3.11. The van der Waals surface area contributed by atoms with Crippen LogP contribution in [0.15, 0.2) is 59.5 Å². The number of hydrogen-bond donors (Lipinski definition) is 1. The van der Waals surface area contributed by atoms with E-state index in [1.807, 2.05) is 36.4 Å². The number of carbonyl (C=O) groups is 2. The lowest BCUT2D eigenvalue weighted by atomic mass is 10.1. The number of benzene rings is 2. The van der Waals surface area contributed by atoms with Crippen molar-refractivity contribution in [1.29, 1.82) is 0 Å². The van der Waals surface area contributed by atoms with Gasteiger partial charge in [0.15, 0.2) is 4.32 Å².